The van der Waals surface area contributed by atoms with Gasteiger partial charge in [0.15, 0.2) is 0 Å². The molecule has 0 fully saturated rings. The Morgan fingerprint density at radius 1 is 1.37 bits per heavy atom. The first-order valence-corrected chi connectivity index (χ1v) is 6.43. The molecule has 0 aliphatic heterocycles. The minimum atomic E-state index is -0.145. The molecule has 0 saturated carbocycles. The van der Waals surface area contributed by atoms with Crippen LogP contribution in [0.4, 0.5) is 5.69 Å². The molecule has 0 spiro atoms. The van der Waals surface area contributed by atoms with E-state index in [1.54, 1.807) is 12.3 Å². The minimum Gasteiger partial charge on any atom is -0.373 e. The molecule has 2 N–H and O–H groups in total. The fourth-order valence-electron chi connectivity index (χ4n) is 1.74. The molecule has 5 heteroatoms. The van der Waals surface area contributed by atoms with Crippen LogP contribution in [-0.2, 0) is 0 Å². The fourth-order valence-corrected chi connectivity index (χ4v) is 1.91. The molecule has 4 nitrogen and oxygen atoms in total. The maximum atomic E-state index is 11.8. The van der Waals surface area contributed by atoms with Gasteiger partial charge in [-0.2, -0.15) is 0 Å². The van der Waals surface area contributed by atoms with Crippen LogP contribution < -0.4 is 10.2 Å². The van der Waals surface area contributed by atoms with Crippen molar-refractivity contribution in [3.05, 3.63) is 53.3 Å². The predicted octanol–water partition coefficient (Wildman–Crippen LogP) is 2.53. The zero-order chi connectivity index (χ0) is 13.7. The molecule has 2 aromatic rings. The van der Waals surface area contributed by atoms with Gasteiger partial charge in [-0.3, -0.25) is 4.79 Å². The number of nitrogens with zero attached hydrogens (tertiary/aromatic N) is 1. The summed E-state index contributed by atoms with van der Waals surface area (Å²) in [5, 5.41) is 3.38. The summed E-state index contributed by atoms with van der Waals surface area (Å²) in [6.07, 6.45) is 1.59. The molecule has 1 aromatic heterocycles. The fraction of sp³-hybridized carbons (Fsp3) is 0.214. The molecule has 0 radical (unpaired) electrons. The van der Waals surface area contributed by atoms with Crippen LogP contribution in [0.15, 0.2) is 42.6 Å². The molecule has 0 aliphatic carbocycles. The Labute approximate surface area is 117 Å². The van der Waals surface area contributed by atoms with Gasteiger partial charge < -0.3 is 15.2 Å². The van der Waals surface area contributed by atoms with Gasteiger partial charge in [0.2, 0.25) is 0 Å². The first-order valence-electron chi connectivity index (χ1n) is 6.05. The second-order valence-corrected chi connectivity index (χ2v) is 4.68. The van der Waals surface area contributed by atoms with Crippen LogP contribution in [0, 0.1) is 0 Å². The number of amides is 1. The molecule has 0 bridgehead atoms. The van der Waals surface area contributed by atoms with Crippen LogP contribution in [0.2, 0.25) is 5.02 Å². The number of H-pyrrole nitrogens is 1. The third-order valence-corrected chi connectivity index (χ3v) is 3.04. The number of benzene rings is 1. The zero-order valence-corrected chi connectivity index (χ0v) is 11.4. The Balaban J connectivity index is 1.79. The summed E-state index contributed by atoms with van der Waals surface area (Å²) in [7, 11) is 1.99. The SMILES string of the molecule is CN(CCNC(=O)c1cc(Cl)c[nH]1)c1ccccc1. The summed E-state index contributed by atoms with van der Waals surface area (Å²) in [5.74, 6) is -0.145. The second kappa shape index (κ2) is 6.29. The molecule has 0 unspecified atom stereocenters. The van der Waals surface area contributed by atoms with Crippen LogP contribution in [-0.4, -0.2) is 31.0 Å². The number of rotatable bonds is 5. The van der Waals surface area contributed by atoms with Crippen molar-refractivity contribution < 1.29 is 4.79 Å². The molecular weight excluding hydrogens is 262 g/mol. The van der Waals surface area contributed by atoms with Crippen molar-refractivity contribution in [1.82, 2.24) is 10.3 Å². The molecule has 19 heavy (non-hydrogen) atoms. The highest BCUT2D eigenvalue weighted by Gasteiger charge is 2.07. The number of carbonyl (C=O) groups is 1. The Morgan fingerprint density at radius 3 is 2.74 bits per heavy atom. The van der Waals surface area contributed by atoms with E-state index in [4.69, 9.17) is 11.6 Å². The standard InChI is InChI=1S/C14H16ClN3O/c1-18(12-5-3-2-4-6-12)8-7-16-14(19)13-9-11(15)10-17-13/h2-6,9-10,17H,7-8H2,1H3,(H,16,19). The number of aromatic nitrogens is 1. The van der Waals surface area contributed by atoms with Crippen molar-refractivity contribution in [2.24, 2.45) is 0 Å². The van der Waals surface area contributed by atoms with Gasteiger partial charge in [-0.15, -0.1) is 0 Å². The average Bonchev–Trinajstić information content (AvgIpc) is 2.86. The summed E-state index contributed by atoms with van der Waals surface area (Å²) >= 11 is 5.75. The first kappa shape index (κ1) is 13.5. The van der Waals surface area contributed by atoms with Gasteiger partial charge in [-0.25, -0.2) is 0 Å². The number of hydrogen-bond donors (Lipinski definition) is 2. The highest BCUT2D eigenvalue weighted by atomic mass is 35.5. The lowest BCUT2D eigenvalue weighted by Gasteiger charge is -2.19. The molecule has 0 aliphatic rings. The molecule has 2 rings (SSSR count). The van der Waals surface area contributed by atoms with Crippen molar-refractivity contribution in [1.29, 1.82) is 0 Å². The van der Waals surface area contributed by atoms with Gasteiger partial charge in [-0.05, 0) is 18.2 Å². The second-order valence-electron chi connectivity index (χ2n) is 4.24. The normalized spacial score (nSPS) is 10.2. The summed E-state index contributed by atoms with van der Waals surface area (Å²) < 4.78 is 0. The number of para-hydroxylation sites is 1. The van der Waals surface area contributed by atoms with Crippen LogP contribution in [0.25, 0.3) is 0 Å². The van der Waals surface area contributed by atoms with E-state index in [9.17, 15) is 4.79 Å². The quantitative estimate of drug-likeness (QED) is 0.882. The Hall–Kier alpha value is -1.94. The molecule has 1 aromatic carbocycles. The van der Waals surface area contributed by atoms with Gasteiger partial charge in [0.25, 0.3) is 5.91 Å². The van der Waals surface area contributed by atoms with Crippen molar-refractivity contribution in [2.75, 3.05) is 25.0 Å². The van der Waals surface area contributed by atoms with Crippen LogP contribution in [0.5, 0.6) is 0 Å². The summed E-state index contributed by atoms with van der Waals surface area (Å²) in [6, 6.07) is 11.6. The van der Waals surface area contributed by atoms with E-state index in [-0.39, 0.29) is 5.91 Å². The van der Waals surface area contributed by atoms with Gasteiger partial charge in [-0.1, -0.05) is 29.8 Å². The lowest BCUT2D eigenvalue weighted by atomic mass is 10.3. The molecule has 1 amide bonds. The molecule has 100 valence electrons. The Bertz CT molecular complexity index is 539. The van der Waals surface area contributed by atoms with E-state index in [0.29, 0.717) is 17.3 Å². The lowest BCUT2D eigenvalue weighted by molar-refractivity contribution is 0.0950. The maximum Gasteiger partial charge on any atom is 0.267 e. The Morgan fingerprint density at radius 2 is 2.11 bits per heavy atom. The topological polar surface area (TPSA) is 48.1 Å². The Kier molecular flexibility index (Phi) is 4.47. The van der Waals surface area contributed by atoms with Crippen LogP contribution in [0.1, 0.15) is 10.5 Å². The first-order chi connectivity index (χ1) is 9.16. The number of aromatic amines is 1. The van der Waals surface area contributed by atoms with E-state index in [1.165, 1.54) is 0 Å². The number of likely N-dealkylation sites (N-methyl/N-ethyl adjacent to an activating group) is 1. The summed E-state index contributed by atoms with van der Waals surface area (Å²) in [4.78, 5) is 16.7. The van der Waals surface area contributed by atoms with Gasteiger partial charge in [0, 0.05) is 32.0 Å². The van der Waals surface area contributed by atoms with Crippen molar-refractivity contribution in [2.45, 2.75) is 0 Å². The van der Waals surface area contributed by atoms with E-state index in [0.717, 1.165) is 12.2 Å². The smallest absolute Gasteiger partial charge is 0.267 e. The van der Waals surface area contributed by atoms with E-state index >= 15 is 0 Å². The minimum absolute atomic E-state index is 0.145. The predicted molar refractivity (Wildman–Crippen MR) is 77.8 cm³/mol. The third-order valence-electron chi connectivity index (χ3n) is 2.82. The van der Waals surface area contributed by atoms with Gasteiger partial charge in [0.05, 0.1) is 5.02 Å². The third kappa shape index (κ3) is 3.76. The van der Waals surface area contributed by atoms with E-state index < -0.39 is 0 Å². The lowest BCUT2D eigenvalue weighted by Crippen LogP contribution is -2.33. The highest BCUT2D eigenvalue weighted by Crippen LogP contribution is 2.10. The summed E-state index contributed by atoms with van der Waals surface area (Å²) in [6.45, 7) is 1.31. The molecule has 0 atom stereocenters. The molecule has 1 heterocycles. The average molecular weight is 278 g/mol. The van der Waals surface area contributed by atoms with Gasteiger partial charge >= 0.3 is 0 Å². The van der Waals surface area contributed by atoms with Gasteiger partial charge in [0.1, 0.15) is 5.69 Å². The zero-order valence-electron chi connectivity index (χ0n) is 10.7. The van der Waals surface area contributed by atoms with E-state index in [1.807, 2.05) is 37.4 Å². The summed E-state index contributed by atoms with van der Waals surface area (Å²) in [5.41, 5.74) is 1.60. The van der Waals surface area contributed by atoms with Crippen LogP contribution >= 0.6 is 11.6 Å². The van der Waals surface area contributed by atoms with Crippen molar-refractivity contribution >= 4 is 23.2 Å². The number of hydrogen-bond acceptors (Lipinski definition) is 2. The molecule has 0 saturated heterocycles. The number of halogens is 1. The van der Waals surface area contributed by atoms with E-state index in [2.05, 4.69) is 15.2 Å². The monoisotopic (exact) mass is 277 g/mol. The van der Waals surface area contributed by atoms with Crippen molar-refractivity contribution in [3.8, 4) is 0 Å². The van der Waals surface area contributed by atoms with Crippen molar-refractivity contribution in [3.63, 3.8) is 0 Å². The largest absolute Gasteiger partial charge is 0.373 e. The number of nitrogens with one attached hydrogen (secondary N) is 2. The maximum absolute atomic E-state index is 11.8. The number of anilines is 1. The number of carbonyl (C=O) groups excluding carboxylic acids is 1. The highest BCUT2D eigenvalue weighted by molar-refractivity contribution is 6.30. The molecular formula is C14H16ClN3O. The van der Waals surface area contributed by atoms with Crippen LogP contribution in [0.3, 0.4) is 0 Å².